The average molecular weight is 307 g/mol. The molecule has 0 saturated heterocycles. The van der Waals surface area contributed by atoms with E-state index in [1.54, 1.807) is 0 Å². The zero-order chi connectivity index (χ0) is 15.4. The fourth-order valence-corrected chi connectivity index (χ4v) is 1.84. The summed E-state index contributed by atoms with van der Waals surface area (Å²) in [6, 6.07) is 5.69. The highest BCUT2D eigenvalue weighted by Gasteiger charge is 2.12. The summed E-state index contributed by atoms with van der Waals surface area (Å²) in [6.45, 7) is 0. The minimum absolute atomic E-state index is 0.0333. The van der Waals surface area contributed by atoms with Gasteiger partial charge in [0.15, 0.2) is 11.3 Å². The van der Waals surface area contributed by atoms with Crippen LogP contribution in [0.25, 0.3) is 0 Å². The highest BCUT2D eigenvalue weighted by atomic mass is 35.5. The molecule has 5 N–H and O–H groups in total. The zero-order valence-electron chi connectivity index (χ0n) is 10.6. The molecule has 0 spiro atoms. The van der Waals surface area contributed by atoms with Gasteiger partial charge in [-0.05, 0) is 18.2 Å². The number of carbonyl (C=O) groups excluding carboxylic acids is 1. The van der Waals surface area contributed by atoms with Gasteiger partial charge in [0.1, 0.15) is 5.56 Å². The highest BCUT2D eigenvalue weighted by molar-refractivity contribution is 6.34. The van der Waals surface area contributed by atoms with E-state index in [9.17, 15) is 9.59 Å². The number of benzene rings is 1. The van der Waals surface area contributed by atoms with E-state index < -0.39 is 11.3 Å². The first-order chi connectivity index (χ1) is 10.0. The van der Waals surface area contributed by atoms with E-state index in [-0.39, 0.29) is 16.4 Å². The normalized spacial score (nSPS) is 11.2. The predicted molar refractivity (Wildman–Crippen MR) is 79.0 cm³/mol. The van der Waals surface area contributed by atoms with Gasteiger partial charge in [0.05, 0.1) is 10.7 Å². The Bertz CT molecular complexity index is 770. The van der Waals surface area contributed by atoms with Crippen molar-refractivity contribution in [2.45, 2.75) is 0 Å². The number of amides is 1. The third-order valence-electron chi connectivity index (χ3n) is 2.69. The number of nitrogens with one attached hydrogen (secondary N) is 2. The van der Waals surface area contributed by atoms with Crippen molar-refractivity contribution < 1.29 is 10.0 Å². The molecule has 7 nitrogen and oxygen atoms in total. The summed E-state index contributed by atoms with van der Waals surface area (Å²) in [5, 5.41) is 14.1. The van der Waals surface area contributed by atoms with Crippen LogP contribution in [0.3, 0.4) is 0 Å². The predicted octanol–water partition coefficient (Wildman–Crippen LogP) is 1.38. The first-order valence-corrected chi connectivity index (χ1v) is 6.16. The second kappa shape index (κ2) is 6.10. The van der Waals surface area contributed by atoms with Crippen molar-refractivity contribution in [3.63, 3.8) is 0 Å². The third-order valence-corrected chi connectivity index (χ3v) is 3.00. The second-order valence-electron chi connectivity index (χ2n) is 4.06. The quantitative estimate of drug-likeness (QED) is 0.296. The number of rotatable bonds is 3. The molecule has 1 heterocycles. The number of pyridine rings is 1. The molecule has 21 heavy (non-hydrogen) atoms. The van der Waals surface area contributed by atoms with E-state index in [1.807, 2.05) is 0 Å². The molecule has 1 amide bonds. The number of halogens is 1. The van der Waals surface area contributed by atoms with Crippen LogP contribution in [0.15, 0.2) is 46.6 Å². The molecule has 0 aliphatic rings. The van der Waals surface area contributed by atoms with Crippen LogP contribution in [0.1, 0.15) is 15.9 Å². The summed E-state index contributed by atoms with van der Waals surface area (Å²) in [5.41, 5.74) is 5.70. The maximum absolute atomic E-state index is 12.0. The van der Waals surface area contributed by atoms with Crippen LogP contribution in [-0.2, 0) is 0 Å². The van der Waals surface area contributed by atoms with Crippen molar-refractivity contribution in [3.05, 3.63) is 63.0 Å². The zero-order valence-corrected chi connectivity index (χ0v) is 11.4. The molecular formula is C13H11ClN4O3. The lowest BCUT2D eigenvalue weighted by molar-refractivity contribution is 0.102. The van der Waals surface area contributed by atoms with Crippen LogP contribution >= 0.6 is 11.6 Å². The Kier molecular flexibility index (Phi) is 4.24. The van der Waals surface area contributed by atoms with Crippen molar-refractivity contribution in [3.8, 4) is 0 Å². The molecule has 108 valence electrons. The molecule has 0 atom stereocenters. The number of nitrogens with two attached hydrogens (primary N) is 1. The lowest BCUT2D eigenvalue weighted by Crippen LogP contribution is -2.21. The molecule has 8 heteroatoms. The van der Waals surface area contributed by atoms with Gasteiger partial charge in [-0.15, -0.1) is 0 Å². The Balaban J connectivity index is 2.27. The van der Waals surface area contributed by atoms with Gasteiger partial charge in [-0.2, -0.15) is 0 Å². The van der Waals surface area contributed by atoms with Crippen LogP contribution in [0.5, 0.6) is 0 Å². The number of amidine groups is 1. The molecule has 0 unspecified atom stereocenters. The van der Waals surface area contributed by atoms with Gasteiger partial charge in [0.2, 0.25) is 0 Å². The van der Waals surface area contributed by atoms with Gasteiger partial charge in [-0.3, -0.25) is 9.59 Å². The Morgan fingerprint density at radius 2 is 2.14 bits per heavy atom. The van der Waals surface area contributed by atoms with Crippen LogP contribution in [0.2, 0.25) is 5.02 Å². The van der Waals surface area contributed by atoms with Gasteiger partial charge < -0.3 is 21.2 Å². The molecule has 1 aromatic heterocycles. The minimum Gasteiger partial charge on any atom is -0.409 e. The maximum Gasteiger partial charge on any atom is 0.261 e. The molecule has 0 aliphatic carbocycles. The van der Waals surface area contributed by atoms with Crippen LogP contribution in [-0.4, -0.2) is 21.9 Å². The SMILES string of the molecule is N/C(=N/O)c1ccc(NC(=O)c2c[nH]ccc2=O)c(Cl)c1. The van der Waals surface area contributed by atoms with Crippen LogP contribution < -0.4 is 16.5 Å². The first kappa shape index (κ1) is 14.6. The summed E-state index contributed by atoms with van der Waals surface area (Å²) in [5.74, 6) is -0.690. The van der Waals surface area contributed by atoms with E-state index in [4.69, 9.17) is 22.5 Å². The molecule has 0 radical (unpaired) electrons. The molecule has 0 fully saturated rings. The number of oxime groups is 1. The van der Waals surface area contributed by atoms with E-state index in [0.29, 0.717) is 11.3 Å². The third kappa shape index (κ3) is 3.21. The summed E-state index contributed by atoms with van der Waals surface area (Å²) in [7, 11) is 0. The average Bonchev–Trinajstić information content (AvgIpc) is 2.48. The molecule has 2 rings (SSSR count). The monoisotopic (exact) mass is 306 g/mol. The van der Waals surface area contributed by atoms with Gasteiger partial charge in [0, 0.05) is 24.0 Å². The van der Waals surface area contributed by atoms with E-state index >= 15 is 0 Å². The van der Waals surface area contributed by atoms with Crippen molar-refractivity contribution in [2.75, 3.05) is 5.32 Å². The molecule has 1 aromatic carbocycles. The summed E-state index contributed by atoms with van der Waals surface area (Å²) >= 11 is 6.01. The Hall–Kier alpha value is -2.80. The molecule has 2 aromatic rings. The lowest BCUT2D eigenvalue weighted by atomic mass is 10.2. The van der Waals surface area contributed by atoms with Crippen molar-refractivity contribution >= 4 is 29.0 Å². The molecule has 0 aliphatic heterocycles. The number of nitrogens with zero attached hydrogens (tertiary/aromatic N) is 1. The van der Waals surface area contributed by atoms with E-state index in [2.05, 4.69) is 15.5 Å². The number of H-pyrrole nitrogens is 1. The number of aromatic amines is 1. The summed E-state index contributed by atoms with van der Waals surface area (Å²) in [6.07, 6.45) is 2.73. The molecular weight excluding hydrogens is 296 g/mol. The number of hydrogen-bond acceptors (Lipinski definition) is 4. The number of hydrogen-bond donors (Lipinski definition) is 4. The van der Waals surface area contributed by atoms with Gasteiger partial charge >= 0.3 is 0 Å². The summed E-state index contributed by atoms with van der Waals surface area (Å²) < 4.78 is 0. The fourth-order valence-electron chi connectivity index (χ4n) is 1.62. The van der Waals surface area contributed by atoms with Gasteiger partial charge in [0.25, 0.3) is 5.91 Å². The van der Waals surface area contributed by atoms with Crippen molar-refractivity contribution in [1.29, 1.82) is 0 Å². The van der Waals surface area contributed by atoms with Gasteiger partial charge in [-0.25, -0.2) is 0 Å². The minimum atomic E-state index is -0.588. The number of anilines is 1. The maximum atomic E-state index is 12.0. The smallest absolute Gasteiger partial charge is 0.261 e. The van der Waals surface area contributed by atoms with Crippen LogP contribution in [0.4, 0.5) is 5.69 Å². The largest absolute Gasteiger partial charge is 0.409 e. The Morgan fingerprint density at radius 3 is 2.76 bits per heavy atom. The standard InChI is InChI=1S/C13H11ClN4O3/c14-9-5-7(12(15)18-21)1-2-10(9)17-13(20)8-6-16-4-3-11(8)19/h1-6,21H,(H2,15,18)(H,16,19)(H,17,20). The summed E-state index contributed by atoms with van der Waals surface area (Å²) in [4.78, 5) is 26.2. The van der Waals surface area contributed by atoms with E-state index in [1.165, 1.54) is 36.7 Å². The molecule has 0 saturated carbocycles. The van der Waals surface area contributed by atoms with E-state index in [0.717, 1.165) is 0 Å². The lowest BCUT2D eigenvalue weighted by Gasteiger charge is -2.08. The van der Waals surface area contributed by atoms with Gasteiger partial charge in [-0.1, -0.05) is 16.8 Å². The topological polar surface area (TPSA) is 121 Å². The highest BCUT2D eigenvalue weighted by Crippen LogP contribution is 2.23. The van der Waals surface area contributed by atoms with Crippen molar-refractivity contribution in [1.82, 2.24) is 4.98 Å². The fraction of sp³-hybridized carbons (Fsp3) is 0. The van der Waals surface area contributed by atoms with Crippen LogP contribution in [0, 0.1) is 0 Å². The Morgan fingerprint density at radius 1 is 1.38 bits per heavy atom. The number of carbonyl (C=O) groups is 1. The Labute approximate surface area is 124 Å². The van der Waals surface area contributed by atoms with Crippen molar-refractivity contribution in [2.24, 2.45) is 10.9 Å². The first-order valence-electron chi connectivity index (χ1n) is 5.79. The second-order valence-corrected chi connectivity index (χ2v) is 4.46. The molecule has 0 bridgehead atoms. The number of aromatic nitrogens is 1.